The molecule has 1 saturated carbocycles. The van der Waals surface area contributed by atoms with E-state index in [2.05, 4.69) is 27.3 Å². The number of carbonyl (C=O) groups is 1. The predicted molar refractivity (Wildman–Crippen MR) is 77.4 cm³/mol. The van der Waals surface area contributed by atoms with Crippen LogP contribution in [0.3, 0.4) is 0 Å². The van der Waals surface area contributed by atoms with Crippen molar-refractivity contribution in [2.45, 2.75) is 32.2 Å². The van der Waals surface area contributed by atoms with Gasteiger partial charge in [-0.25, -0.2) is 0 Å². The van der Waals surface area contributed by atoms with Crippen LogP contribution < -0.4 is 11.1 Å². The number of carbonyl (C=O) groups excluding carboxylic acids is 1. The molecule has 2 rings (SSSR count). The molecule has 0 saturated heterocycles. The lowest BCUT2D eigenvalue weighted by atomic mass is 9.84. The summed E-state index contributed by atoms with van der Waals surface area (Å²) in [6, 6.07) is 7.14. The lowest BCUT2D eigenvalue weighted by molar-refractivity contribution is -0.125. The first kappa shape index (κ1) is 14.0. The molecule has 0 bridgehead atoms. The second-order valence-electron chi connectivity index (χ2n) is 5.17. The summed E-state index contributed by atoms with van der Waals surface area (Å²) in [6.45, 7) is 1.89. The number of nitrogens with zero attached hydrogens (tertiary/aromatic N) is 1. The molecule has 0 spiro atoms. The van der Waals surface area contributed by atoms with Gasteiger partial charge in [-0.05, 0) is 38.0 Å². The van der Waals surface area contributed by atoms with E-state index in [1.807, 2.05) is 6.92 Å². The molecule has 1 aromatic rings. The van der Waals surface area contributed by atoms with Gasteiger partial charge in [-0.15, -0.1) is 0 Å². The fourth-order valence-corrected chi connectivity index (χ4v) is 2.82. The number of hydrogen-bond acceptors (Lipinski definition) is 3. The molecule has 0 heterocycles. The molecule has 100 valence electrons. The standard InChI is InChI=1S/C14H16BrN3O/c1-14(6-2-3-12(14)17)13(19)18-11-7-10(15)5-4-9(11)8-16/h4-5,7,12H,2-3,6,17H2,1H3,(H,18,19). The maximum Gasteiger partial charge on any atom is 0.231 e. The monoisotopic (exact) mass is 321 g/mol. The van der Waals surface area contributed by atoms with Gasteiger partial charge in [-0.2, -0.15) is 5.26 Å². The topological polar surface area (TPSA) is 78.9 Å². The fourth-order valence-electron chi connectivity index (χ4n) is 2.46. The van der Waals surface area contributed by atoms with Crippen LogP contribution in [0.5, 0.6) is 0 Å². The zero-order valence-electron chi connectivity index (χ0n) is 10.7. The summed E-state index contributed by atoms with van der Waals surface area (Å²) in [6.07, 6.45) is 2.62. The number of benzene rings is 1. The van der Waals surface area contributed by atoms with Crippen LogP contribution in [0.2, 0.25) is 0 Å². The quantitative estimate of drug-likeness (QED) is 0.879. The van der Waals surface area contributed by atoms with Crippen molar-refractivity contribution in [3.05, 3.63) is 28.2 Å². The highest BCUT2D eigenvalue weighted by Crippen LogP contribution is 2.38. The van der Waals surface area contributed by atoms with E-state index >= 15 is 0 Å². The average Bonchev–Trinajstić information content (AvgIpc) is 2.71. The molecule has 1 aliphatic carbocycles. The van der Waals surface area contributed by atoms with Gasteiger partial charge in [0.15, 0.2) is 0 Å². The van der Waals surface area contributed by atoms with E-state index in [1.165, 1.54) is 0 Å². The van der Waals surface area contributed by atoms with Crippen LogP contribution in [-0.4, -0.2) is 11.9 Å². The molecule has 0 radical (unpaired) electrons. The molecular weight excluding hydrogens is 306 g/mol. The third-order valence-electron chi connectivity index (χ3n) is 3.90. The molecular formula is C14H16BrN3O. The van der Waals surface area contributed by atoms with Crippen LogP contribution >= 0.6 is 15.9 Å². The Kier molecular flexibility index (Phi) is 3.93. The molecule has 1 fully saturated rings. The van der Waals surface area contributed by atoms with Gasteiger partial charge < -0.3 is 11.1 Å². The summed E-state index contributed by atoms with van der Waals surface area (Å²) >= 11 is 3.34. The third-order valence-corrected chi connectivity index (χ3v) is 4.39. The molecule has 1 aromatic carbocycles. The highest BCUT2D eigenvalue weighted by Gasteiger charge is 2.43. The summed E-state index contributed by atoms with van der Waals surface area (Å²) in [5.41, 5.74) is 6.47. The average molecular weight is 322 g/mol. The van der Waals surface area contributed by atoms with Crippen molar-refractivity contribution in [3.63, 3.8) is 0 Å². The van der Waals surface area contributed by atoms with Gasteiger partial charge in [-0.1, -0.05) is 22.4 Å². The molecule has 3 N–H and O–H groups in total. The number of halogens is 1. The van der Waals surface area contributed by atoms with Gasteiger partial charge in [0.05, 0.1) is 16.7 Å². The molecule has 1 aliphatic rings. The molecule has 19 heavy (non-hydrogen) atoms. The van der Waals surface area contributed by atoms with E-state index < -0.39 is 5.41 Å². The fraction of sp³-hybridized carbons (Fsp3) is 0.429. The first-order valence-electron chi connectivity index (χ1n) is 6.24. The summed E-state index contributed by atoms with van der Waals surface area (Å²) in [5.74, 6) is -0.105. The van der Waals surface area contributed by atoms with Crippen molar-refractivity contribution >= 4 is 27.5 Å². The first-order valence-corrected chi connectivity index (χ1v) is 7.03. The van der Waals surface area contributed by atoms with Crippen molar-refractivity contribution < 1.29 is 4.79 Å². The second kappa shape index (κ2) is 5.32. The summed E-state index contributed by atoms with van der Waals surface area (Å²) in [7, 11) is 0. The van der Waals surface area contributed by atoms with E-state index in [0.717, 1.165) is 23.7 Å². The number of nitrogens with two attached hydrogens (primary N) is 1. The Morgan fingerprint density at radius 1 is 1.63 bits per heavy atom. The normalized spacial score (nSPS) is 25.9. The Morgan fingerprint density at radius 3 is 2.95 bits per heavy atom. The van der Waals surface area contributed by atoms with Gasteiger partial charge in [0.25, 0.3) is 0 Å². The minimum atomic E-state index is -0.547. The molecule has 5 heteroatoms. The maximum absolute atomic E-state index is 12.4. The Balaban J connectivity index is 2.24. The highest BCUT2D eigenvalue weighted by atomic mass is 79.9. The van der Waals surface area contributed by atoms with Crippen LogP contribution in [0.4, 0.5) is 5.69 Å². The number of rotatable bonds is 2. The minimum absolute atomic E-state index is 0.105. The SMILES string of the molecule is CC1(C(=O)Nc2cc(Br)ccc2C#N)CCCC1N. The largest absolute Gasteiger partial charge is 0.327 e. The molecule has 1 amide bonds. The van der Waals surface area contributed by atoms with Crippen LogP contribution in [0.1, 0.15) is 31.7 Å². The van der Waals surface area contributed by atoms with Crippen LogP contribution in [0.25, 0.3) is 0 Å². The van der Waals surface area contributed by atoms with E-state index in [4.69, 9.17) is 11.0 Å². The minimum Gasteiger partial charge on any atom is -0.327 e. The number of amides is 1. The maximum atomic E-state index is 12.4. The van der Waals surface area contributed by atoms with Gasteiger partial charge in [-0.3, -0.25) is 4.79 Å². The number of hydrogen-bond donors (Lipinski definition) is 2. The Labute approximate surface area is 121 Å². The first-order chi connectivity index (χ1) is 8.97. The van der Waals surface area contributed by atoms with Crippen molar-refractivity contribution in [2.75, 3.05) is 5.32 Å². The van der Waals surface area contributed by atoms with E-state index in [0.29, 0.717) is 11.3 Å². The van der Waals surface area contributed by atoms with E-state index in [-0.39, 0.29) is 11.9 Å². The lowest BCUT2D eigenvalue weighted by Crippen LogP contribution is -2.44. The summed E-state index contributed by atoms with van der Waals surface area (Å²) < 4.78 is 0.822. The molecule has 4 nitrogen and oxygen atoms in total. The molecule has 0 aromatic heterocycles. The zero-order valence-corrected chi connectivity index (χ0v) is 12.3. The Morgan fingerprint density at radius 2 is 2.37 bits per heavy atom. The van der Waals surface area contributed by atoms with Crippen molar-refractivity contribution in [1.82, 2.24) is 0 Å². The highest BCUT2D eigenvalue weighted by molar-refractivity contribution is 9.10. The summed E-state index contributed by atoms with van der Waals surface area (Å²) in [4.78, 5) is 12.4. The van der Waals surface area contributed by atoms with Crippen molar-refractivity contribution in [3.8, 4) is 6.07 Å². The third kappa shape index (κ3) is 2.65. The van der Waals surface area contributed by atoms with E-state index in [9.17, 15) is 4.79 Å². The molecule has 0 aliphatic heterocycles. The van der Waals surface area contributed by atoms with Crippen molar-refractivity contribution in [1.29, 1.82) is 5.26 Å². The van der Waals surface area contributed by atoms with Crippen LogP contribution in [0, 0.1) is 16.7 Å². The van der Waals surface area contributed by atoms with Crippen molar-refractivity contribution in [2.24, 2.45) is 11.1 Å². The molecule has 2 unspecified atom stereocenters. The van der Waals surface area contributed by atoms with Gasteiger partial charge in [0.2, 0.25) is 5.91 Å². The van der Waals surface area contributed by atoms with Gasteiger partial charge in [0, 0.05) is 10.5 Å². The number of nitriles is 1. The summed E-state index contributed by atoms with van der Waals surface area (Å²) in [5, 5.41) is 11.9. The van der Waals surface area contributed by atoms with Crippen LogP contribution in [-0.2, 0) is 4.79 Å². The van der Waals surface area contributed by atoms with Crippen LogP contribution in [0.15, 0.2) is 22.7 Å². The lowest BCUT2D eigenvalue weighted by Gasteiger charge is -2.27. The smallest absolute Gasteiger partial charge is 0.231 e. The van der Waals surface area contributed by atoms with Gasteiger partial charge in [0.1, 0.15) is 6.07 Å². The predicted octanol–water partition coefficient (Wildman–Crippen LogP) is 2.78. The second-order valence-corrected chi connectivity index (χ2v) is 6.09. The Hall–Kier alpha value is -1.38. The zero-order chi connectivity index (χ0) is 14.0. The van der Waals surface area contributed by atoms with E-state index in [1.54, 1.807) is 18.2 Å². The number of anilines is 1. The number of nitrogens with one attached hydrogen (secondary N) is 1. The van der Waals surface area contributed by atoms with Gasteiger partial charge >= 0.3 is 0 Å². The Bertz CT molecular complexity index is 552. The molecule has 2 atom stereocenters.